The lowest BCUT2D eigenvalue weighted by atomic mass is 9.97. The number of amides is 1. The Hall–Kier alpha value is -3.44. The first-order valence-corrected chi connectivity index (χ1v) is 29.2. The molecule has 1 amide bonds. The average Bonchev–Trinajstić information content (AvgIpc) is 3.31. The minimum Gasteiger partial charge on any atom is -0.756 e. The maximum atomic E-state index is 12.6. The van der Waals surface area contributed by atoms with Gasteiger partial charge < -0.3 is 34.8 Å². The van der Waals surface area contributed by atoms with E-state index in [9.17, 15) is 29.6 Å². The van der Waals surface area contributed by atoms with Crippen molar-refractivity contribution in [1.29, 1.82) is 0 Å². The fourth-order valence-corrected chi connectivity index (χ4v) is 9.27. The number of nitrogens with one attached hydrogen (secondary N) is 1. The Morgan fingerprint density at radius 3 is 1.00 bits per heavy atom. The molecule has 1 heterocycles. The quantitative estimate of drug-likeness (QED) is 0.0351. The van der Waals surface area contributed by atoms with E-state index in [1.54, 1.807) is 6.08 Å². The van der Waals surface area contributed by atoms with Gasteiger partial charge in [-0.2, -0.15) is 0 Å². The number of aliphatic hydroxyl groups excluding tert-OH is 3. The molecule has 0 aromatic carbocycles. The third-order valence-electron chi connectivity index (χ3n) is 13.5. The van der Waals surface area contributed by atoms with Gasteiger partial charge in [0.1, 0.15) is 24.4 Å². The van der Waals surface area contributed by atoms with Crippen molar-refractivity contribution in [2.75, 3.05) is 13.2 Å². The molecule has 1 aliphatic rings. The van der Waals surface area contributed by atoms with Gasteiger partial charge in [-0.05, 0) is 212 Å². The lowest BCUT2D eigenvalue weighted by molar-refractivity contribution is -0.282. The average molecular weight is 1050 g/mol. The van der Waals surface area contributed by atoms with E-state index in [0.29, 0.717) is 0 Å². The van der Waals surface area contributed by atoms with Crippen LogP contribution in [0.4, 0.5) is 0 Å². The van der Waals surface area contributed by atoms with Gasteiger partial charge in [0.25, 0.3) is 7.82 Å². The second-order valence-corrected chi connectivity index (χ2v) is 22.8. The third kappa shape index (κ3) is 35.0. The van der Waals surface area contributed by atoms with E-state index in [1.165, 1.54) is 68.6 Å². The van der Waals surface area contributed by atoms with Gasteiger partial charge in [0.2, 0.25) is 5.91 Å². The van der Waals surface area contributed by atoms with E-state index in [1.807, 2.05) is 6.92 Å². The third-order valence-corrected chi connectivity index (χ3v) is 14.5. The van der Waals surface area contributed by atoms with Crippen LogP contribution in [0.25, 0.3) is 0 Å². The number of ether oxygens (including phenoxy) is 1. The molecule has 4 N–H and O–H groups in total. The van der Waals surface area contributed by atoms with Crippen molar-refractivity contribution in [3.05, 3.63) is 128 Å². The summed E-state index contributed by atoms with van der Waals surface area (Å²) in [6.45, 7) is 26.7. The summed E-state index contributed by atoms with van der Waals surface area (Å²) in [5.74, 6) is -0.601. The summed E-state index contributed by atoms with van der Waals surface area (Å²) >= 11 is 0. The van der Waals surface area contributed by atoms with Crippen molar-refractivity contribution in [1.82, 2.24) is 5.32 Å². The van der Waals surface area contributed by atoms with Crippen LogP contribution in [0.15, 0.2) is 128 Å². The van der Waals surface area contributed by atoms with Crippen LogP contribution >= 0.6 is 7.82 Å². The second kappa shape index (κ2) is 39.9. The lowest BCUT2D eigenvalue weighted by Gasteiger charge is -2.43. The number of phosphoric acid groups is 1. The summed E-state index contributed by atoms with van der Waals surface area (Å²) in [6, 6.07) is -1.40. The molecule has 0 bridgehead atoms. The van der Waals surface area contributed by atoms with Crippen LogP contribution in [0.1, 0.15) is 218 Å². The van der Waals surface area contributed by atoms with Crippen LogP contribution in [0, 0.1) is 0 Å². The van der Waals surface area contributed by atoms with E-state index < -0.39 is 51.0 Å². The number of carbonyl (C=O) groups excluding carboxylic acids is 1. The first kappa shape index (κ1) is 68.6. The molecule has 1 saturated heterocycles. The van der Waals surface area contributed by atoms with Crippen molar-refractivity contribution < 1.29 is 43.4 Å². The molecule has 420 valence electrons. The zero-order valence-electron chi connectivity index (χ0n) is 48.5. The monoisotopic (exact) mass is 1050 g/mol. The summed E-state index contributed by atoms with van der Waals surface area (Å²) in [5, 5.41) is 32.3. The SMILES string of the molecule is CC(=O)N[C@H]1[C@@H](OP(=O)([O-])OC/C=C(/C)CC/C=C(/C)CC/C=C(/C)CC/C=C(/C)CC/C=C(/C)CC/C=C(/C)CC/C=C(/C)CC/C=C(/C)CC/C=C(\C)CC/C=C(\C)CCC=C(C)C)O[C@H](CO)[C@@H](O)[C@@H]1O. The van der Waals surface area contributed by atoms with Gasteiger partial charge in [-0.15, -0.1) is 0 Å². The molecule has 0 spiro atoms. The van der Waals surface area contributed by atoms with Crippen molar-refractivity contribution in [2.45, 2.75) is 249 Å². The van der Waals surface area contributed by atoms with Gasteiger partial charge >= 0.3 is 0 Å². The van der Waals surface area contributed by atoms with Gasteiger partial charge in [0, 0.05) is 6.92 Å². The van der Waals surface area contributed by atoms with Crippen LogP contribution in [-0.4, -0.2) is 65.1 Å². The van der Waals surface area contributed by atoms with E-state index >= 15 is 0 Å². The number of aliphatic hydroxyl groups is 3. The maximum absolute atomic E-state index is 12.6. The van der Waals surface area contributed by atoms with E-state index in [4.69, 9.17) is 13.8 Å². The fourth-order valence-electron chi connectivity index (χ4n) is 8.51. The first-order chi connectivity index (χ1) is 35.0. The standard InChI is InChI=1S/C63H104NO9P/c1-47(2)24-14-25-48(3)26-15-27-49(4)28-16-29-50(5)30-17-31-51(6)32-18-33-52(7)34-19-35-53(8)36-20-37-54(9)38-21-39-55(10)40-22-41-56(11)42-23-43-57(12)44-45-71-74(69,70)73-63-60(64-58(13)66)62(68)61(67)59(46-65)72-63/h24,26,28,30,32,34,36,38,40,42,44,59-63,65,67-68H,14-23,25,27,29,31,33,35,37,39,41,43,45-46H2,1-13H3,(H,64,66)(H,69,70)/p-1/b48-26+,49-28+,50-30-,51-32-,52-34-,53-36-,54-38-,55-40-,56-42-,57-44-/t59-,60-,61-,62-,63-/m1/s1. The molecule has 0 saturated carbocycles. The maximum Gasteiger partial charge on any atom is 0.270 e. The topological polar surface area (TPSA) is 158 Å². The normalized spacial score (nSPS) is 21.3. The molecule has 0 aliphatic carbocycles. The summed E-state index contributed by atoms with van der Waals surface area (Å²) in [5.41, 5.74) is 15.5. The molecule has 6 atom stereocenters. The molecule has 1 aliphatic heterocycles. The fraction of sp³-hybridized carbons (Fsp3) is 0.635. The van der Waals surface area contributed by atoms with Crippen LogP contribution in [0.5, 0.6) is 0 Å². The van der Waals surface area contributed by atoms with Gasteiger partial charge in [-0.1, -0.05) is 128 Å². The summed E-state index contributed by atoms with van der Waals surface area (Å²) in [7, 11) is -4.96. The van der Waals surface area contributed by atoms with E-state index in [-0.39, 0.29) is 6.61 Å². The van der Waals surface area contributed by atoms with Gasteiger partial charge in [0.15, 0.2) is 6.29 Å². The summed E-state index contributed by atoms with van der Waals surface area (Å²) in [4.78, 5) is 24.2. The zero-order chi connectivity index (χ0) is 55.5. The number of rotatable bonds is 37. The summed E-state index contributed by atoms with van der Waals surface area (Å²) in [6.07, 6.45) is 40.9. The smallest absolute Gasteiger partial charge is 0.270 e. The molecule has 1 rings (SSSR count). The van der Waals surface area contributed by atoms with Crippen molar-refractivity contribution >= 4 is 13.7 Å². The highest BCUT2D eigenvalue weighted by Crippen LogP contribution is 2.42. The molecular formula is C63H103NO9P-. The number of hydrogen-bond donors (Lipinski definition) is 4. The number of allylic oxidation sites excluding steroid dienone is 21. The van der Waals surface area contributed by atoms with E-state index in [0.717, 1.165) is 128 Å². The Labute approximate surface area is 451 Å². The van der Waals surface area contributed by atoms with Crippen molar-refractivity contribution in [3.63, 3.8) is 0 Å². The molecule has 1 fully saturated rings. The molecule has 74 heavy (non-hydrogen) atoms. The molecular weight excluding hydrogens is 946 g/mol. The second-order valence-electron chi connectivity index (χ2n) is 21.5. The Bertz CT molecular complexity index is 2060. The van der Waals surface area contributed by atoms with Crippen LogP contribution < -0.4 is 10.2 Å². The van der Waals surface area contributed by atoms with Crippen LogP contribution in [0.3, 0.4) is 0 Å². The first-order valence-electron chi connectivity index (χ1n) is 27.7. The highest BCUT2D eigenvalue weighted by molar-refractivity contribution is 7.45. The molecule has 0 aromatic heterocycles. The Kier molecular flexibility index (Phi) is 36.9. The Balaban J connectivity index is 2.30. The lowest BCUT2D eigenvalue weighted by Crippen LogP contribution is -2.64. The van der Waals surface area contributed by atoms with Gasteiger partial charge in [-0.25, -0.2) is 0 Å². The highest BCUT2D eigenvalue weighted by Gasteiger charge is 2.46. The number of phosphoric ester groups is 1. The molecule has 0 aromatic rings. The van der Waals surface area contributed by atoms with Gasteiger partial charge in [-0.3, -0.25) is 13.9 Å². The largest absolute Gasteiger partial charge is 0.756 e. The summed E-state index contributed by atoms with van der Waals surface area (Å²) < 4.78 is 27.9. The van der Waals surface area contributed by atoms with Gasteiger partial charge in [0.05, 0.1) is 13.2 Å². The number of carbonyl (C=O) groups is 1. The highest BCUT2D eigenvalue weighted by atomic mass is 31.2. The Morgan fingerprint density at radius 2 is 0.743 bits per heavy atom. The predicted molar refractivity (Wildman–Crippen MR) is 309 cm³/mol. The molecule has 10 nitrogen and oxygen atoms in total. The molecule has 1 unspecified atom stereocenters. The minimum atomic E-state index is -4.96. The van der Waals surface area contributed by atoms with Crippen LogP contribution in [-0.2, 0) is 23.1 Å². The molecule has 0 radical (unpaired) electrons. The predicted octanol–water partition coefficient (Wildman–Crippen LogP) is 15.7. The van der Waals surface area contributed by atoms with Crippen molar-refractivity contribution in [2.24, 2.45) is 0 Å². The molecule has 11 heteroatoms. The zero-order valence-corrected chi connectivity index (χ0v) is 49.4. The van der Waals surface area contributed by atoms with Crippen molar-refractivity contribution in [3.8, 4) is 0 Å². The van der Waals surface area contributed by atoms with E-state index in [2.05, 4.69) is 142 Å². The number of hydrogen-bond acceptors (Lipinski definition) is 9. The Morgan fingerprint density at radius 1 is 0.473 bits per heavy atom. The van der Waals surface area contributed by atoms with Crippen LogP contribution in [0.2, 0.25) is 0 Å². The minimum absolute atomic E-state index is 0.275.